The molecule has 3 unspecified atom stereocenters. The van der Waals surface area contributed by atoms with Gasteiger partial charge in [-0.25, -0.2) is 0 Å². The van der Waals surface area contributed by atoms with Crippen molar-refractivity contribution in [2.45, 2.75) is 44.9 Å². The molecule has 1 amide bonds. The van der Waals surface area contributed by atoms with Crippen LogP contribution in [0.25, 0.3) is 0 Å². The maximum atomic E-state index is 14.0. The number of carbonyl (C=O) groups is 1. The van der Waals surface area contributed by atoms with E-state index in [-0.39, 0.29) is 17.8 Å². The van der Waals surface area contributed by atoms with Crippen LogP contribution in [0.3, 0.4) is 0 Å². The number of nitrogens with one attached hydrogen (secondary N) is 1. The van der Waals surface area contributed by atoms with Crippen molar-refractivity contribution in [3.8, 4) is 5.75 Å². The Labute approximate surface area is 181 Å². The summed E-state index contributed by atoms with van der Waals surface area (Å²) in [4.78, 5) is 16.3. The molecule has 0 radical (unpaired) electrons. The zero-order valence-corrected chi connectivity index (χ0v) is 18.4. The molecule has 2 aliphatic heterocycles. The predicted molar refractivity (Wildman–Crippen MR) is 117 cm³/mol. The van der Waals surface area contributed by atoms with Gasteiger partial charge in [0.1, 0.15) is 5.75 Å². The van der Waals surface area contributed by atoms with Crippen molar-refractivity contribution in [2.75, 3.05) is 33.3 Å². The largest absolute Gasteiger partial charge is 0.497 e. The number of hydrogen-bond acceptors (Lipinski definition) is 3. The Morgan fingerprint density at radius 3 is 2.55 bits per heavy atom. The fourth-order valence-corrected chi connectivity index (χ4v) is 6.88. The average molecular weight is 419 g/mol. The fraction of sp³-hybridized carbons (Fsp3) is 0.708. The maximum Gasteiger partial charge on any atom is 0.229 e. The van der Waals surface area contributed by atoms with Crippen molar-refractivity contribution in [2.24, 2.45) is 29.1 Å². The van der Waals surface area contributed by atoms with E-state index in [2.05, 4.69) is 28.4 Å². The highest BCUT2D eigenvalue weighted by molar-refractivity contribution is 5.85. The molecule has 2 bridgehead atoms. The van der Waals surface area contributed by atoms with Crippen LogP contribution in [0.4, 0.5) is 0 Å². The van der Waals surface area contributed by atoms with Gasteiger partial charge in [-0.2, -0.15) is 0 Å². The minimum absolute atomic E-state index is 0. The minimum Gasteiger partial charge on any atom is -0.497 e. The van der Waals surface area contributed by atoms with Crippen LogP contribution >= 0.6 is 12.4 Å². The molecule has 5 atom stereocenters. The third kappa shape index (κ3) is 3.79. The van der Waals surface area contributed by atoms with Gasteiger partial charge >= 0.3 is 0 Å². The lowest BCUT2D eigenvalue weighted by Gasteiger charge is -2.40. The number of rotatable bonds is 4. The van der Waals surface area contributed by atoms with Crippen LogP contribution < -0.4 is 10.1 Å². The van der Waals surface area contributed by atoms with Crippen molar-refractivity contribution in [3.63, 3.8) is 0 Å². The lowest BCUT2D eigenvalue weighted by atomic mass is 9.68. The quantitative estimate of drug-likeness (QED) is 0.805. The van der Waals surface area contributed by atoms with Gasteiger partial charge in [0, 0.05) is 13.1 Å². The lowest BCUT2D eigenvalue weighted by Crippen LogP contribution is -2.48. The van der Waals surface area contributed by atoms with Crippen LogP contribution in [0.2, 0.25) is 0 Å². The molecule has 1 aromatic rings. The van der Waals surface area contributed by atoms with E-state index < -0.39 is 0 Å². The molecule has 2 saturated carbocycles. The molecular weight excluding hydrogens is 384 g/mol. The van der Waals surface area contributed by atoms with Gasteiger partial charge in [-0.05, 0) is 93.0 Å². The number of methoxy groups -OCH3 is 1. The molecule has 1 aromatic carbocycles. The smallest absolute Gasteiger partial charge is 0.229 e. The summed E-state index contributed by atoms with van der Waals surface area (Å²) < 4.78 is 5.45. The lowest BCUT2D eigenvalue weighted by molar-refractivity contribution is -0.145. The number of ether oxygens (including phenoxy) is 1. The summed E-state index contributed by atoms with van der Waals surface area (Å²) in [5, 5.41) is 3.55. The number of halogens is 1. The normalized spacial score (nSPS) is 35.7. The first kappa shape index (κ1) is 21.0. The summed E-state index contributed by atoms with van der Waals surface area (Å²) >= 11 is 0. The van der Waals surface area contributed by atoms with E-state index in [9.17, 15) is 4.79 Å². The van der Waals surface area contributed by atoms with Crippen LogP contribution in [0, 0.1) is 29.1 Å². The molecule has 5 heteroatoms. The maximum absolute atomic E-state index is 14.0. The van der Waals surface area contributed by atoms with E-state index in [1.165, 1.54) is 37.7 Å². The highest BCUT2D eigenvalue weighted by Gasteiger charge is 2.56. The van der Waals surface area contributed by atoms with Gasteiger partial charge in [-0.3, -0.25) is 4.79 Å². The number of nitrogens with zero attached hydrogens (tertiary/aromatic N) is 1. The van der Waals surface area contributed by atoms with Crippen molar-refractivity contribution in [3.05, 3.63) is 29.8 Å². The molecule has 4 aliphatic rings. The predicted octanol–water partition coefficient (Wildman–Crippen LogP) is 3.92. The van der Waals surface area contributed by atoms with Crippen molar-refractivity contribution < 1.29 is 9.53 Å². The first-order chi connectivity index (χ1) is 13.7. The summed E-state index contributed by atoms with van der Waals surface area (Å²) in [6.07, 6.45) is 8.16. The molecule has 1 N–H and O–H groups in total. The van der Waals surface area contributed by atoms with Crippen LogP contribution in [0.1, 0.15) is 44.1 Å². The molecule has 2 saturated heterocycles. The van der Waals surface area contributed by atoms with Gasteiger partial charge in [-0.1, -0.05) is 18.6 Å². The van der Waals surface area contributed by atoms with Crippen LogP contribution in [-0.4, -0.2) is 44.1 Å². The molecule has 160 valence electrons. The summed E-state index contributed by atoms with van der Waals surface area (Å²) in [5.41, 5.74) is 1.09. The Bertz CT molecular complexity index is 727. The average Bonchev–Trinajstić information content (AvgIpc) is 3.42. The molecule has 0 spiro atoms. The van der Waals surface area contributed by atoms with Gasteiger partial charge in [0.05, 0.1) is 12.5 Å². The third-order valence-corrected chi connectivity index (χ3v) is 8.36. The molecule has 0 aromatic heterocycles. The molecule has 4 fully saturated rings. The fourth-order valence-electron chi connectivity index (χ4n) is 6.88. The number of carbonyl (C=O) groups excluding carboxylic acids is 1. The topological polar surface area (TPSA) is 41.6 Å². The zero-order chi connectivity index (χ0) is 19.1. The second kappa shape index (κ2) is 8.47. The van der Waals surface area contributed by atoms with E-state index in [1.807, 2.05) is 6.07 Å². The van der Waals surface area contributed by atoms with Gasteiger partial charge in [0.25, 0.3) is 0 Å². The standard InChI is InChI=1S/C24H34N2O2.ClH/c1-28-22-4-2-3-17(12-22)13-24(14-18-5-6-21(24)11-18)23(27)26-9-7-19-15-25-16-20(19)8-10-26;/h2-4,12,18-21,25H,5-11,13-16H2,1H3;1H/t18?,19-,20+,21?,24?;. The summed E-state index contributed by atoms with van der Waals surface area (Å²) in [6.45, 7) is 4.20. The highest BCUT2D eigenvalue weighted by Crippen LogP contribution is 2.58. The van der Waals surface area contributed by atoms with Gasteiger partial charge < -0.3 is 15.0 Å². The van der Waals surface area contributed by atoms with Crippen molar-refractivity contribution in [1.82, 2.24) is 10.2 Å². The monoisotopic (exact) mass is 418 g/mol. The number of hydrogen-bond donors (Lipinski definition) is 1. The van der Waals surface area contributed by atoms with E-state index >= 15 is 0 Å². The van der Waals surface area contributed by atoms with Crippen LogP contribution in [-0.2, 0) is 11.2 Å². The first-order valence-electron chi connectivity index (χ1n) is 11.3. The zero-order valence-electron chi connectivity index (χ0n) is 17.6. The molecule has 4 nitrogen and oxygen atoms in total. The minimum atomic E-state index is -0.174. The van der Waals surface area contributed by atoms with Crippen LogP contribution in [0.15, 0.2) is 24.3 Å². The molecule has 2 heterocycles. The van der Waals surface area contributed by atoms with E-state index in [0.717, 1.165) is 62.5 Å². The first-order valence-corrected chi connectivity index (χ1v) is 11.3. The van der Waals surface area contributed by atoms with E-state index in [0.29, 0.717) is 11.8 Å². The molecule has 2 aliphatic carbocycles. The molecule has 29 heavy (non-hydrogen) atoms. The summed E-state index contributed by atoms with van der Waals surface area (Å²) in [6, 6.07) is 8.39. The number of amides is 1. The van der Waals surface area contributed by atoms with E-state index in [4.69, 9.17) is 4.74 Å². The summed E-state index contributed by atoms with van der Waals surface area (Å²) in [7, 11) is 1.72. The Balaban J connectivity index is 0.00000205. The molecular formula is C24H35ClN2O2. The third-order valence-electron chi connectivity index (χ3n) is 8.36. The number of benzene rings is 1. The SMILES string of the molecule is COc1cccc(CC2(C(=O)N3CC[C@@H]4CNC[C@@H]4CC3)CC3CCC2C3)c1.Cl. The molecule has 5 rings (SSSR count). The van der Waals surface area contributed by atoms with Crippen LogP contribution in [0.5, 0.6) is 5.75 Å². The Morgan fingerprint density at radius 2 is 1.93 bits per heavy atom. The second-order valence-corrected chi connectivity index (χ2v) is 9.81. The highest BCUT2D eigenvalue weighted by atomic mass is 35.5. The second-order valence-electron chi connectivity index (χ2n) is 9.81. The van der Waals surface area contributed by atoms with Gasteiger partial charge in [-0.15, -0.1) is 12.4 Å². The summed E-state index contributed by atoms with van der Waals surface area (Å²) in [5.74, 6) is 4.24. The number of fused-ring (bicyclic) bond motifs is 3. The van der Waals surface area contributed by atoms with Crippen molar-refractivity contribution >= 4 is 18.3 Å². The van der Waals surface area contributed by atoms with Gasteiger partial charge in [0.2, 0.25) is 5.91 Å². The number of likely N-dealkylation sites (tertiary alicyclic amines) is 1. The Hall–Kier alpha value is -1.26. The van der Waals surface area contributed by atoms with Gasteiger partial charge in [0.15, 0.2) is 0 Å². The van der Waals surface area contributed by atoms with Crippen molar-refractivity contribution in [1.29, 1.82) is 0 Å². The Kier molecular flexibility index (Phi) is 6.13. The van der Waals surface area contributed by atoms with E-state index in [1.54, 1.807) is 7.11 Å². The Morgan fingerprint density at radius 1 is 1.17 bits per heavy atom.